The Kier molecular flexibility index (Phi) is 6.63. The molecule has 3 N–H and O–H groups in total. The highest BCUT2D eigenvalue weighted by atomic mass is 16.5. The second-order valence-corrected chi connectivity index (χ2v) is 6.95. The van der Waals surface area contributed by atoms with Gasteiger partial charge in [-0.15, -0.1) is 0 Å². The second-order valence-electron chi connectivity index (χ2n) is 6.95. The van der Waals surface area contributed by atoms with Gasteiger partial charge in [0, 0.05) is 12.6 Å². The molecule has 0 spiro atoms. The minimum atomic E-state index is -0.649. The molecule has 134 valence electrons. The van der Waals surface area contributed by atoms with Gasteiger partial charge in [0.05, 0.1) is 6.54 Å². The fourth-order valence-electron chi connectivity index (χ4n) is 3.46. The molecule has 0 saturated heterocycles. The minimum absolute atomic E-state index is 0.199. The predicted octanol–water partition coefficient (Wildman–Crippen LogP) is 2.08. The molecule has 2 rings (SSSR count). The van der Waals surface area contributed by atoms with Crippen LogP contribution in [-0.2, 0) is 4.79 Å². The molecule has 5 heteroatoms. The van der Waals surface area contributed by atoms with Crippen LogP contribution in [0.15, 0.2) is 12.1 Å². The number of nitrogens with zero attached hydrogens (tertiary/aromatic N) is 1. The normalized spacial score (nSPS) is 16.5. The summed E-state index contributed by atoms with van der Waals surface area (Å²) < 4.78 is 5.89. The van der Waals surface area contributed by atoms with E-state index in [2.05, 4.69) is 6.07 Å². The molecule has 1 aromatic carbocycles. The van der Waals surface area contributed by atoms with Crippen LogP contribution in [0.2, 0.25) is 0 Å². The van der Waals surface area contributed by atoms with Gasteiger partial charge in [0.2, 0.25) is 5.91 Å². The Morgan fingerprint density at radius 1 is 1.29 bits per heavy atom. The van der Waals surface area contributed by atoms with Crippen LogP contribution in [0.25, 0.3) is 0 Å². The topological polar surface area (TPSA) is 75.8 Å². The number of hydrogen-bond acceptors (Lipinski definition) is 4. The van der Waals surface area contributed by atoms with E-state index in [4.69, 9.17) is 10.5 Å². The van der Waals surface area contributed by atoms with Crippen LogP contribution in [0.3, 0.4) is 0 Å². The van der Waals surface area contributed by atoms with Crippen LogP contribution in [0.1, 0.15) is 42.4 Å². The number of aliphatic hydroxyl groups is 1. The number of rotatable bonds is 8. The van der Waals surface area contributed by atoms with Gasteiger partial charge in [-0.2, -0.15) is 0 Å². The van der Waals surface area contributed by atoms with Crippen molar-refractivity contribution in [3.05, 3.63) is 28.8 Å². The van der Waals surface area contributed by atoms with E-state index in [1.807, 2.05) is 31.7 Å². The van der Waals surface area contributed by atoms with Crippen molar-refractivity contribution in [2.24, 2.45) is 5.73 Å². The van der Waals surface area contributed by atoms with Crippen molar-refractivity contribution < 1.29 is 14.6 Å². The number of carbonyl (C=O) groups is 1. The molecule has 1 unspecified atom stereocenters. The Morgan fingerprint density at radius 2 is 1.92 bits per heavy atom. The summed E-state index contributed by atoms with van der Waals surface area (Å²) in [6.45, 7) is 6.91. The van der Waals surface area contributed by atoms with E-state index in [1.54, 1.807) is 0 Å². The van der Waals surface area contributed by atoms with Gasteiger partial charge in [-0.25, -0.2) is 0 Å². The largest absolute Gasteiger partial charge is 0.490 e. The van der Waals surface area contributed by atoms with E-state index < -0.39 is 6.10 Å². The molecule has 1 atom stereocenters. The summed E-state index contributed by atoms with van der Waals surface area (Å²) in [5.74, 6) is 0.497. The highest BCUT2D eigenvalue weighted by Gasteiger charge is 2.25. The van der Waals surface area contributed by atoms with Crippen molar-refractivity contribution in [3.8, 4) is 5.75 Å². The van der Waals surface area contributed by atoms with Gasteiger partial charge in [0.15, 0.2) is 0 Å². The maximum atomic E-state index is 11.3. The predicted molar refractivity (Wildman–Crippen MR) is 95.2 cm³/mol. The highest BCUT2D eigenvalue weighted by molar-refractivity contribution is 5.76. The van der Waals surface area contributed by atoms with E-state index >= 15 is 0 Å². The van der Waals surface area contributed by atoms with E-state index in [1.165, 1.54) is 18.4 Å². The third kappa shape index (κ3) is 4.95. The van der Waals surface area contributed by atoms with Crippen LogP contribution < -0.4 is 10.5 Å². The van der Waals surface area contributed by atoms with Gasteiger partial charge < -0.3 is 15.6 Å². The zero-order valence-electron chi connectivity index (χ0n) is 15.0. The fraction of sp³-hybridized carbons (Fsp3) is 0.632. The summed E-state index contributed by atoms with van der Waals surface area (Å²) in [5, 5.41) is 10.4. The minimum Gasteiger partial charge on any atom is -0.490 e. The molecule has 0 heterocycles. The molecule has 1 aliphatic carbocycles. The van der Waals surface area contributed by atoms with Gasteiger partial charge in [-0.05, 0) is 50.3 Å². The molecule has 0 radical (unpaired) electrons. The summed E-state index contributed by atoms with van der Waals surface area (Å²) in [5.41, 5.74) is 8.71. The van der Waals surface area contributed by atoms with Gasteiger partial charge in [-0.1, -0.05) is 25.0 Å². The zero-order valence-corrected chi connectivity index (χ0v) is 15.0. The lowest BCUT2D eigenvalue weighted by Gasteiger charge is -2.29. The number of aliphatic hydroxyl groups excluding tert-OH is 1. The first kappa shape index (κ1) is 18.7. The molecular weight excluding hydrogens is 304 g/mol. The molecule has 1 saturated carbocycles. The summed E-state index contributed by atoms with van der Waals surface area (Å²) >= 11 is 0. The lowest BCUT2D eigenvalue weighted by molar-refractivity contribution is -0.120. The first-order valence-corrected chi connectivity index (χ1v) is 8.78. The molecule has 0 bridgehead atoms. The van der Waals surface area contributed by atoms with Crippen LogP contribution >= 0.6 is 0 Å². The van der Waals surface area contributed by atoms with Crippen molar-refractivity contribution in [3.63, 3.8) is 0 Å². The van der Waals surface area contributed by atoms with Gasteiger partial charge >= 0.3 is 0 Å². The molecule has 1 aromatic rings. The number of amides is 1. The Hall–Kier alpha value is -1.59. The maximum Gasteiger partial charge on any atom is 0.231 e. The van der Waals surface area contributed by atoms with Gasteiger partial charge in [0.25, 0.3) is 0 Å². The standard InChI is InChI=1S/C19H30N2O3/c1-13-8-9-14(2)19(15(13)3)24-12-17(22)10-21(11-18(20)23)16-6-4-5-7-16/h8-9,16-17,22H,4-7,10-12H2,1-3H3,(H2,20,23). The maximum absolute atomic E-state index is 11.3. The summed E-state index contributed by atoms with van der Waals surface area (Å²) in [7, 11) is 0. The van der Waals surface area contributed by atoms with E-state index in [0.29, 0.717) is 12.6 Å². The number of aryl methyl sites for hydroxylation is 2. The monoisotopic (exact) mass is 334 g/mol. The van der Waals surface area contributed by atoms with Crippen LogP contribution in [-0.4, -0.2) is 47.8 Å². The van der Waals surface area contributed by atoms with Crippen LogP contribution in [0.4, 0.5) is 0 Å². The lowest BCUT2D eigenvalue weighted by Crippen LogP contribution is -2.45. The molecule has 1 aliphatic rings. The quantitative estimate of drug-likeness (QED) is 0.763. The Balaban J connectivity index is 1.94. The Morgan fingerprint density at radius 3 is 2.54 bits per heavy atom. The van der Waals surface area contributed by atoms with Crippen molar-refractivity contribution in [1.82, 2.24) is 4.90 Å². The highest BCUT2D eigenvalue weighted by Crippen LogP contribution is 2.26. The molecular formula is C19H30N2O3. The number of nitrogens with two attached hydrogens (primary N) is 1. The first-order chi connectivity index (χ1) is 11.4. The van der Waals surface area contributed by atoms with Crippen LogP contribution in [0, 0.1) is 20.8 Å². The van der Waals surface area contributed by atoms with E-state index in [9.17, 15) is 9.90 Å². The summed E-state index contributed by atoms with van der Waals surface area (Å²) in [6, 6.07) is 4.44. The lowest BCUT2D eigenvalue weighted by atomic mass is 10.1. The number of benzene rings is 1. The molecule has 5 nitrogen and oxygen atoms in total. The third-order valence-corrected chi connectivity index (χ3v) is 4.94. The van der Waals surface area contributed by atoms with Crippen LogP contribution in [0.5, 0.6) is 5.75 Å². The van der Waals surface area contributed by atoms with Gasteiger partial charge in [0.1, 0.15) is 18.5 Å². The number of primary amides is 1. The zero-order chi connectivity index (χ0) is 17.7. The molecule has 24 heavy (non-hydrogen) atoms. The molecule has 1 fully saturated rings. The van der Waals surface area contributed by atoms with E-state index in [-0.39, 0.29) is 19.1 Å². The van der Waals surface area contributed by atoms with E-state index in [0.717, 1.165) is 29.7 Å². The van der Waals surface area contributed by atoms with Gasteiger partial charge in [-0.3, -0.25) is 9.69 Å². The number of hydrogen-bond donors (Lipinski definition) is 2. The Bertz CT molecular complexity index is 568. The average molecular weight is 334 g/mol. The van der Waals surface area contributed by atoms with Crippen molar-refractivity contribution in [1.29, 1.82) is 0 Å². The molecule has 0 aliphatic heterocycles. The summed E-state index contributed by atoms with van der Waals surface area (Å²) in [6.07, 6.45) is 3.83. The van der Waals surface area contributed by atoms with Crippen molar-refractivity contribution >= 4 is 5.91 Å². The number of ether oxygens (including phenoxy) is 1. The smallest absolute Gasteiger partial charge is 0.231 e. The van der Waals surface area contributed by atoms with Crippen molar-refractivity contribution in [2.75, 3.05) is 19.7 Å². The first-order valence-electron chi connectivity index (χ1n) is 8.78. The average Bonchev–Trinajstić information content (AvgIpc) is 3.04. The third-order valence-electron chi connectivity index (χ3n) is 4.94. The second kappa shape index (κ2) is 8.49. The SMILES string of the molecule is Cc1ccc(C)c(OCC(O)CN(CC(N)=O)C2CCCC2)c1C. The summed E-state index contributed by atoms with van der Waals surface area (Å²) in [4.78, 5) is 13.3. The Labute approximate surface area is 144 Å². The molecule has 0 aromatic heterocycles. The molecule has 1 amide bonds. The fourth-order valence-corrected chi connectivity index (χ4v) is 3.46. The van der Waals surface area contributed by atoms with Crippen molar-refractivity contribution in [2.45, 2.75) is 58.6 Å². The number of carbonyl (C=O) groups excluding carboxylic acids is 1.